The van der Waals surface area contributed by atoms with Crippen molar-refractivity contribution in [3.63, 3.8) is 0 Å². The zero-order chi connectivity index (χ0) is 18.0. The molecule has 8 heteroatoms. The van der Waals surface area contributed by atoms with Crippen molar-refractivity contribution in [1.82, 2.24) is 19.7 Å². The van der Waals surface area contributed by atoms with Crippen LogP contribution in [0.25, 0.3) is 0 Å². The highest BCUT2D eigenvalue weighted by atomic mass is 16.5. The van der Waals surface area contributed by atoms with Gasteiger partial charge in [0, 0.05) is 46.4 Å². The van der Waals surface area contributed by atoms with Gasteiger partial charge in [0.2, 0.25) is 0 Å². The molecular weight excluding hydrogens is 322 g/mol. The molecule has 1 fully saturated rings. The molecule has 0 bridgehead atoms. The van der Waals surface area contributed by atoms with E-state index in [9.17, 15) is 9.59 Å². The average molecular weight is 343 g/mol. The molecule has 1 amide bonds. The van der Waals surface area contributed by atoms with E-state index in [0.717, 1.165) is 16.9 Å². The van der Waals surface area contributed by atoms with Crippen molar-refractivity contribution >= 4 is 11.7 Å². The van der Waals surface area contributed by atoms with Crippen LogP contribution in [0.1, 0.15) is 16.9 Å². The summed E-state index contributed by atoms with van der Waals surface area (Å²) in [6, 6.07) is 6.52. The second-order valence-electron chi connectivity index (χ2n) is 6.18. The summed E-state index contributed by atoms with van der Waals surface area (Å²) < 4.78 is 7.22. The quantitative estimate of drug-likeness (QED) is 0.806. The second kappa shape index (κ2) is 6.92. The van der Waals surface area contributed by atoms with Gasteiger partial charge in [-0.3, -0.25) is 9.59 Å². The third-order valence-electron chi connectivity index (χ3n) is 4.08. The van der Waals surface area contributed by atoms with Gasteiger partial charge in [-0.1, -0.05) is 0 Å². The predicted molar refractivity (Wildman–Crippen MR) is 93.0 cm³/mol. The second-order valence-corrected chi connectivity index (χ2v) is 6.18. The number of nitrogens with zero attached hydrogens (tertiary/aromatic N) is 5. The number of likely N-dealkylation sites (tertiary alicyclic amines) is 1. The number of rotatable bonds is 4. The van der Waals surface area contributed by atoms with E-state index in [4.69, 9.17) is 4.74 Å². The summed E-state index contributed by atoms with van der Waals surface area (Å²) in [4.78, 5) is 31.9. The molecule has 3 rings (SSSR count). The van der Waals surface area contributed by atoms with E-state index in [0.29, 0.717) is 18.8 Å². The van der Waals surface area contributed by atoms with Crippen LogP contribution in [-0.4, -0.2) is 58.9 Å². The summed E-state index contributed by atoms with van der Waals surface area (Å²) in [5, 5.41) is 4.02. The normalized spacial score (nSPS) is 16.8. The number of anilines is 1. The molecule has 25 heavy (non-hydrogen) atoms. The van der Waals surface area contributed by atoms with Crippen molar-refractivity contribution in [1.29, 1.82) is 0 Å². The minimum absolute atomic E-state index is 0.0978. The van der Waals surface area contributed by atoms with Crippen LogP contribution in [0.3, 0.4) is 0 Å². The minimum Gasteiger partial charge on any atom is -0.485 e. The SMILES string of the molecule is CN(C)c1ncccc1OC1CCN(C(=O)c2ccc(=O)n(C)n2)C1. The highest BCUT2D eigenvalue weighted by molar-refractivity contribution is 5.92. The van der Waals surface area contributed by atoms with E-state index in [1.165, 1.54) is 19.2 Å². The molecule has 1 aliphatic rings. The fraction of sp³-hybridized carbons (Fsp3) is 0.412. The van der Waals surface area contributed by atoms with Gasteiger partial charge in [-0.05, 0) is 18.2 Å². The number of amides is 1. The van der Waals surface area contributed by atoms with Crippen LogP contribution < -0.4 is 15.2 Å². The molecule has 0 aliphatic carbocycles. The summed E-state index contributed by atoms with van der Waals surface area (Å²) >= 11 is 0. The number of carbonyl (C=O) groups excluding carboxylic acids is 1. The number of carbonyl (C=O) groups is 1. The summed E-state index contributed by atoms with van der Waals surface area (Å²) in [5.41, 5.74) is 0.0186. The third kappa shape index (κ3) is 3.62. The largest absolute Gasteiger partial charge is 0.485 e. The average Bonchev–Trinajstić information content (AvgIpc) is 3.05. The van der Waals surface area contributed by atoms with E-state index in [2.05, 4.69) is 10.1 Å². The van der Waals surface area contributed by atoms with Gasteiger partial charge in [0.25, 0.3) is 11.5 Å². The molecule has 8 nitrogen and oxygen atoms in total. The van der Waals surface area contributed by atoms with E-state index >= 15 is 0 Å². The highest BCUT2D eigenvalue weighted by Gasteiger charge is 2.29. The van der Waals surface area contributed by atoms with Gasteiger partial charge in [0.15, 0.2) is 11.6 Å². The fourth-order valence-electron chi connectivity index (χ4n) is 2.78. The Morgan fingerprint density at radius 1 is 1.32 bits per heavy atom. The van der Waals surface area contributed by atoms with Gasteiger partial charge < -0.3 is 14.5 Å². The Morgan fingerprint density at radius 2 is 2.12 bits per heavy atom. The van der Waals surface area contributed by atoms with Gasteiger partial charge >= 0.3 is 0 Å². The lowest BCUT2D eigenvalue weighted by Gasteiger charge is -2.20. The Bertz CT molecular complexity index is 833. The lowest BCUT2D eigenvalue weighted by molar-refractivity contribution is 0.0764. The first-order chi connectivity index (χ1) is 12.0. The number of ether oxygens (including phenoxy) is 1. The predicted octanol–water partition coefficient (Wildman–Crippen LogP) is 0.535. The molecule has 1 unspecified atom stereocenters. The molecule has 0 saturated carbocycles. The van der Waals surface area contributed by atoms with Crippen LogP contribution in [0.5, 0.6) is 5.75 Å². The molecule has 2 aromatic rings. The molecule has 0 spiro atoms. The van der Waals surface area contributed by atoms with Crippen molar-refractivity contribution in [2.75, 3.05) is 32.1 Å². The standard InChI is InChI=1S/C17H21N5O3/c1-20(2)16-14(5-4-9-18-16)25-12-8-10-22(11-12)17(24)13-6-7-15(23)21(3)19-13/h4-7,9,12H,8,10-11H2,1-3H3. The zero-order valence-electron chi connectivity index (χ0n) is 14.5. The first-order valence-corrected chi connectivity index (χ1v) is 8.08. The van der Waals surface area contributed by atoms with Gasteiger partial charge in [0.05, 0.1) is 6.54 Å². The summed E-state index contributed by atoms with van der Waals surface area (Å²) in [7, 11) is 5.34. The minimum atomic E-state index is -0.244. The third-order valence-corrected chi connectivity index (χ3v) is 4.08. The summed E-state index contributed by atoms with van der Waals surface area (Å²) in [6.07, 6.45) is 2.36. The first-order valence-electron chi connectivity index (χ1n) is 8.08. The number of hydrogen-bond acceptors (Lipinski definition) is 6. The number of aryl methyl sites for hydroxylation is 1. The first kappa shape index (κ1) is 16.9. The van der Waals surface area contributed by atoms with Crippen molar-refractivity contribution in [2.24, 2.45) is 7.05 Å². The fourth-order valence-corrected chi connectivity index (χ4v) is 2.78. The van der Waals surface area contributed by atoms with Crippen LogP contribution in [0.4, 0.5) is 5.82 Å². The Hall–Kier alpha value is -2.90. The maximum atomic E-state index is 12.6. The van der Waals surface area contributed by atoms with Gasteiger partial charge in [-0.25, -0.2) is 9.67 Å². The molecule has 132 valence electrons. The van der Waals surface area contributed by atoms with Gasteiger partial charge in [0.1, 0.15) is 11.8 Å². The van der Waals surface area contributed by atoms with E-state index in [1.807, 2.05) is 31.1 Å². The molecule has 0 N–H and O–H groups in total. The lowest BCUT2D eigenvalue weighted by atomic mass is 10.3. The molecular formula is C17H21N5O3. The molecule has 2 aromatic heterocycles. The topological polar surface area (TPSA) is 80.6 Å². The molecule has 0 aromatic carbocycles. The van der Waals surface area contributed by atoms with Crippen LogP contribution in [-0.2, 0) is 7.05 Å². The van der Waals surface area contributed by atoms with E-state index < -0.39 is 0 Å². The van der Waals surface area contributed by atoms with E-state index in [1.54, 1.807) is 11.1 Å². The Labute approximate surface area is 145 Å². The number of pyridine rings is 1. The Morgan fingerprint density at radius 3 is 2.84 bits per heavy atom. The van der Waals surface area contributed by atoms with Gasteiger partial charge in [-0.2, -0.15) is 5.10 Å². The van der Waals surface area contributed by atoms with Gasteiger partial charge in [-0.15, -0.1) is 0 Å². The van der Waals surface area contributed by atoms with Crippen molar-refractivity contribution < 1.29 is 9.53 Å². The smallest absolute Gasteiger partial charge is 0.274 e. The van der Waals surface area contributed by atoms with Crippen LogP contribution >= 0.6 is 0 Å². The number of aromatic nitrogens is 3. The Balaban J connectivity index is 1.68. The van der Waals surface area contributed by atoms with Crippen LogP contribution in [0, 0.1) is 0 Å². The van der Waals surface area contributed by atoms with Crippen LogP contribution in [0.2, 0.25) is 0 Å². The zero-order valence-corrected chi connectivity index (χ0v) is 14.5. The maximum Gasteiger partial charge on any atom is 0.274 e. The van der Waals surface area contributed by atoms with Crippen molar-refractivity contribution in [3.8, 4) is 5.75 Å². The summed E-state index contributed by atoms with van der Waals surface area (Å²) in [6.45, 7) is 1.07. The lowest BCUT2D eigenvalue weighted by Crippen LogP contribution is -2.33. The number of hydrogen-bond donors (Lipinski definition) is 0. The molecule has 1 atom stereocenters. The molecule has 1 saturated heterocycles. The highest BCUT2D eigenvalue weighted by Crippen LogP contribution is 2.26. The van der Waals surface area contributed by atoms with Crippen molar-refractivity contribution in [2.45, 2.75) is 12.5 Å². The molecule has 0 radical (unpaired) electrons. The molecule has 3 heterocycles. The Kier molecular flexibility index (Phi) is 4.69. The van der Waals surface area contributed by atoms with Crippen molar-refractivity contribution in [3.05, 3.63) is 46.5 Å². The van der Waals surface area contributed by atoms with E-state index in [-0.39, 0.29) is 23.3 Å². The molecule has 1 aliphatic heterocycles. The van der Waals surface area contributed by atoms with Crippen LogP contribution in [0.15, 0.2) is 35.3 Å². The maximum absolute atomic E-state index is 12.6. The monoisotopic (exact) mass is 343 g/mol. The summed E-state index contributed by atoms with van der Waals surface area (Å²) in [5.74, 6) is 1.26.